The molecule has 2 N–H and O–H groups in total. The van der Waals surface area contributed by atoms with Crippen molar-refractivity contribution in [3.8, 4) is 0 Å². The van der Waals surface area contributed by atoms with E-state index in [1.807, 2.05) is 0 Å². The lowest BCUT2D eigenvalue weighted by Gasteiger charge is -2.17. The highest BCUT2D eigenvalue weighted by Crippen LogP contribution is 2.38. The molecule has 0 heterocycles. The molecule has 0 aliphatic heterocycles. The quantitative estimate of drug-likeness (QED) is 0.476. The third-order valence-electron chi connectivity index (χ3n) is 4.44. The van der Waals surface area contributed by atoms with Crippen molar-refractivity contribution in [2.24, 2.45) is 4.76 Å². The van der Waals surface area contributed by atoms with E-state index in [0.29, 0.717) is 4.65 Å². The molecular formula is C17H22N3O2PS. The first kappa shape index (κ1) is 17.5. The standard InChI is InChI=1S/C17H22N3O2PS/c1-3-18-23-11(2)24(22)20-17(21)19-16-14-8-4-6-12(14)10-13-7-5-9-15(13)16/h3,10,23H,2,4-9H2,1H3,(H2,19,20,21)/b18-3-. The average Bonchev–Trinajstić information content (AvgIpc) is 3.20. The van der Waals surface area contributed by atoms with Crippen LogP contribution in [0.5, 0.6) is 0 Å². The van der Waals surface area contributed by atoms with Crippen molar-refractivity contribution in [1.82, 2.24) is 4.72 Å². The normalized spacial score (nSPS) is 17.2. The number of carbonyl (C=O) groups excluding carboxylic acids is 1. The summed E-state index contributed by atoms with van der Waals surface area (Å²) in [5.41, 5.74) is 6.18. The smallest absolute Gasteiger partial charge is 0.361 e. The molecule has 0 bridgehead atoms. The number of aryl methyl sites for hydroxylation is 2. The molecule has 2 aliphatic rings. The largest absolute Gasteiger partial charge is 0.588 e. The third kappa shape index (κ3) is 3.66. The summed E-state index contributed by atoms with van der Waals surface area (Å²) in [6.07, 6.45) is 8.06. The second kappa shape index (κ2) is 7.68. The molecule has 2 aliphatic carbocycles. The van der Waals surface area contributed by atoms with Crippen molar-refractivity contribution in [2.75, 3.05) is 5.32 Å². The Balaban J connectivity index is 1.72. The monoisotopic (exact) mass is 363 g/mol. The van der Waals surface area contributed by atoms with Crippen molar-refractivity contribution in [3.05, 3.63) is 39.5 Å². The zero-order chi connectivity index (χ0) is 17.1. The number of fused-ring (bicyclic) bond motifs is 2. The van der Waals surface area contributed by atoms with Crippen LogP contribution in [0.3, 0.4) is 0 Å². The second-order valence-electron chi connectivity index (χ2n) is 5.98. The summed E-state index contributed by atoms with van der Waals surface area (Å²) < 4.78 is 19.0. The van der Waals surface area contributed by atoms with E-state index in [9.17, 15) is 9.35 Å². The van der Waals surface area contributed by atoms with Gasteiger partial charge in [0.1, 0.15) is 11.4 Å². The molecule has 0 saturated heterocycles. The Morgan fingerprint density at radius 1 is 1.29 bits per heavy atom. The van der Waals surface area contributed by atoms with Crippen LogP contribution in [0, 0.1) is 0 Å². The molecule has 3 rings (SSSR count). The van der Waals surface area contributed by atoms with Crippen molar-refractivity contribution >= 4 is 38.0 Å². The van der Waals surface area contributed by atoms with E-state index < -0.39 is 17.4 Å². The van der Waals surface area contributed by atoms with Gasteiger partial charge in [0.2, 0.25) is 0 Å². The lowest BCUT2D eigenvalue weighted by Crippen LogP contribution is -2.34. The molecule has 2 amide bonds. The Bertz CT molecular complexity index is 673. The number of carbonyl (C=O) groups is 1. The van der Waals surface area contributed by atoms with Gasteiger partial charge in [0.15, 0.2) is 4.65 Å². The van der Waals surface area contributed by atoms with Crippen LogP contribution < -0.4 is 10.0 Å². The van der Waals surface area contributed by atoms with Crippen LogP contribution in [0.2, 0.25) is 0 Å². The van der Waals surface area contributed by atoms with Crippen molar-refractivity contribution < 1.29 is 9.35 Å². The van der Waals surface area contributed by atoms with Crippen molar-refractivity contribution in [3.63, 3.8) is 0 Å². The van der Waals surface area contributed by atoms with Crippen LogP contribution in [-0.4, -0.2) is 16.8 Å². The maximum absolute atomic E-state index is 12.3. The van der Waals surface area contributed by atoms with E-state index in [4.69, 9.17) is 0 Å². The van der Waals surface area contributed by atoms with Gasteiger partial charge in [0, 0.05) is 11.9 Å². The first-order valence-electron chi connectivity index (χ1n) is 8.18. The number of anilines is 1. The van der Waals surface area contributed by atoms with E-state index in [2.05, 4.69) is 27.4 Å². The van der Waals surface area contributed by atoms with Gasteiger partial charge in [-0.3, -0.25) is 4.76 Å². The van der Waals surface area contributed by atoms with Crippen molar-refractivity contribution in [2.45, 2.75) is 45.4 Å². The Labute approximate surface area is 147 Å². The first-order chi connectivity index (χ1) is 11.6. The summed E-state index contributed by atoms with van der Waals surface area (Å²) in [5, 5.41) is 2.96. The molecule has 0 radical (unpaired) electrons. The maximum Gasteiger partial charge on any atom is 0.361 e. The summed E-state index contributed by atoms with van der Waals surface area (Å²) >= 11 is -1.62. The van der Waals surface area contributed by atoms with Crippen LogP contribution in [0.4, 0.5) is 10.5 Å². The zero-order valence-corrected chi connectivity index (χ0v) is 15.6. The van der Waals surface area contributed by atoms with Gasteiger partial charge in [-0.1, -0.05) is 6.07 Å². The lowest BCUT2D eigenvalue weighted by molar-refractivity contribution is 0.256. The minimum Gasteiger partial charge on any atom is -0.588 e. The van der Waals surface area contributed by atoms with E-state index >= 15 is 0 Å². The van der Waals surface area contributed by atoms with E-state index in [1.165, 1.54) is 22.3 Å². The number of amides is 2. The maximum atomic E-state index is 12.3. The second-order valence-corrected chi connectivity index (χ2v) is 8.66. The molecular weight excluding hydrogens is 341 g/mol. The van der Waals surface area contributed by atoms with Gasteiger partial charge in [-0.15, -0.1) is 4.72 Å². The zero-order valence-electron chi connectivity index (χ0n) is 13.8. The van der Waals surface area contributed by atoms with Gasteiger partial charge in [-0.25, -0.2) is 4.79 Å². The molecule has 128 valence electrons. The summed E-state index contributed by atoms with van der Waals surface area (Å²) in [7, 11) is -0.00241. The molecule has 24 heavy (non-hydrogen) atoms. The highest BCUT2D eigenvalue weighted by atomic mass is 32.2. The number of hydrogen-bond acceptors (Lipinski definition) is 3. The minimum absolute atomic E-state index is 0.00241. The predicted molar refractivity (Wildman–Crippen MR) is 102 cm³/mol. The molecule has 1 aromatic carbocycles. The molecule has 0 spiro atoms. The van der Waals surface area contributed by atoms with Gasteiger partial charge >= 0.3 is 6.03 Å². The number of nitrogens with zero attached hydrogens (tertiary/aromatic N) is 1. The van der Waals surface area contributed by atoms with Crippen molar-refractivity contribution in [1.29, 1.82) is 0 Å². The number of nitrogens with one attached hydrogen (secondary N) is 2. The fourth-order valence-electron chi connectivity index (χ4n) is 3.43. The fourth-order valence-corrected chi connectivity index (χ4v) is 4.69. The molecule has 0 fully saturated rings. The summed E-state index contributed by atoms with van der Waals surface area (Å²) in [5.74, 6) is 0. The van der Waals surface area contributed by atoms with Crippen LogP contribution in [-0.2, 0) is 37.0 Å². The van der Waals surface area contributed by atoms with Gasteiger partial charge < -0.3 is 9.87 Å². The Morgan fingerprint density at radius 2 is 1.92 bits per heavy atom. The highest BCUT2D eigenvalue weighted by molar-refractivity contribution is 8.00. The Kier molecular flexibility index (Phi) is 5.59. The predicted octanol–water partition coefficient (Wildman–Crippen LogP) is 3.60. The average molecular weight is 363 g/mol. The van der Waals surface area contributed by atoms with Gasteiger partial charge in [0.05, 0.1) is 8.73 Å². The summed E-state index contributed by atoms with van der Waals surface area (Å²) in [6, 6.07) is 1.88. The molecule has 0 saturated carbocycles. The van der Waals surface area contributed by atoms with Crippen LogP contribution in [0.15, 0.2) is 22.1 Å². The molecule has 7 heteroatoms. The summed E-state index contributed by atoms with van der Waals surface area (Å²) in [6.45, 7) is 5.52. The van der Waals surface area contributed by atoms with E-state index in [-0.39, 0.29) is 8.73 Å². The molecule has 2 atom stereocenters. The molecule has 5 nitrogen and oxygen atoms in total. The van der Waals surface area contributed by atoms with E-state index in [0.717, 1.165) is 44.2 Å². The van der Waals surface area contributed by atoms with Gasteiger partial charge in [-0.2, -0.15) is 0 Å². The number of hydrogen-bond donors (Lipinski definition) is 2. The minimum atomic E-state index is -1.62. The Morgan fingerprint density at radius 3 is 2.50 bits per heavy atom. The van der Waals surface area contributed by atoms with Gasteiger partial charge in [0.25, 0.3) is 0 Å². The van der Waals surface area contributed by atoms with Crippen LogP contribution >= 0.6 is 8.73 Å². The lowest BCUT2D eigenvalue weighted by atomic mass is 9.99. The molecule has 2 unspecified atom stereocenters. The molecule has 0 aromatic heterocycles. The fraction of sp³-hybridized carbons (Fsp3) is 0.412. The SMILES string of the molecule is C=C(P/N=C\C)[S+]([O-])NC(=O)Nc1c2c(cc3c1CCC3)CCC2. The number of benzene rings is 1. The van der Waals surface area contributed by atoms with Crippen LogP contribution in [0.1, 0.15) is 42.0 Å². The number of urea groups is 1. The third-order valence-corrected chi connectivity index (χ3v) is 6.72. The highest BCUT2D eigenvalue weighted by Gasteiger charge is 2.26. The van der Waals surface area contributed by atoms with E-state index in [1.54, 1.807) is 13.1 Å². The van der Waals surface area contributed by atoms with Crippen LogP contribution in [0.25, 0.3) is 0 Å². The first-order valence-corrected chi connectivity index (χ1v) is 10.3. The number of rotatable bonds is 5. The Hall–Kier alpha value is -1.36. The summed E-state index contributed by atoms with van der Waals surface area (Å²) in [4.78, 5) is 12.3. The van der Waals surface area contributed by atoms with Gasteiger partial charge in [-0.05, 0) is 74.3 Å². The topological polar surface area (TPSA) is 76.6 Å². The molecule has 1 aromatic rings.